The van der Waals surface area contributed by atoms with E-state index in [1.807, 2.05) is 6.07 Å². The molecule has 0 spiro atoms. The van der Waals surface area contributed by atoms with E-state index in [2.05, 4.69) is 10.2 Å². The van der Waals surface area contributed by atoms with Crippen LogP contribution in [-0.4, -0.2) is 22.8 Å². The fraction of sp³-hybridized carbons (Fsp3) is 0.167. The van der Waals surface area contributed by atoms with Crippen LogP contribution in [0.15, 0.2) is 24.3 Å². The molecule has 0 N–H and O–H groups in total. The Morgan fingerprint density at radius 1 is 1.47 bits per heavy atom. The Labute approximate surface area is 113 Å². The summed E-state index contributed by atoms with van der Waals surface area (Å²) in [7, 11) is 0. The third-order valence-electron chi connectivity index (χ3n) is 2.02. The summed E-state index contributed by atoms with van der Waals surface area (Å²) in [6.07, 6.45) is 0. The van der Waals surface area contributed by atoms with Gasteiger partial charge in [-0.05, 0) is 36.5 Å². The number of carbonyl (C=O) groups is 1. The van der Waals surface area contributed by atoms with Crippen molar-refractivity contribution < 1.29 is 14.3 Å². The molecular formula is C12H9N3O3S. The molecule has 0 aliphatic rings. The van der Waals surface area contributed by atoms with E-state index < -0.39 is 5.97 Å². The van der Waals surface area contributed by atoms with Crippen LogP contribution in [-0.2, 0) is 4.74 Å². The van der Waals surface area contributed by atoms with Crippen LogP contribution in [0.4, 0.5) is 0 Å². The van der Waals surface area contributed by atoms with Crippen LogP contribution < -0.4 is 4.74 Å². The Morgan fingerprint density at radius 3 is 3.05 bits per heavy atom. The second-order valence-corrected chi connectivity index (χ2v) is 4.28. The third kappa shape index (κ3) is 3.26. The number of hydrogen-bond donors (Lipinski definition) is 0. The first-order valence-corrected chi connectivity index (χ1v) is 6.23. The number of esters is 1. The Morgan fingerprint density at radius 2 is 2.32 bits per heavy atom. The zero-order valence-electron chi connectivity index (χ0n) is 9.99. The van der Waals surface area contributed by atoms with Crippen LogP contribution in [0.25, 0.3) is 0 Å². The first-order valence-electron chi connectivity index (χ1n) is 5.41. The van der Waals surface area contributed by atoms with Crippen LogP contribution in [0.5, 0.6) is 10.9 Å². The molecule has 1 aromatic carbocycles. The Kier molecular flexibility index (Phi) is 4.05. The van der Waals surface area contributed by atoms with E-state index in [1.165, 1.54) is 0 Å². The molecule has 2 aromatic rings. The number of ether oxygens (including phenoxy) is 2. The first-order chi connectivity index (χ1) is 9.22. The van der Waals surface area contributed by atoms with Crippen molar-refractivity contribution in [2.45, 2.75) is 6.92 Å². The highest BCUT2D eigenvalue weighted by atomic mass is 32.1. The van der Waals surface area contributed by atoms with E-state index in [4.69, 9.17) is 14.7 Å². The van der Waals surface area contributed by atoms with Gasteiger partial charge >= 0.3 is 5.97 Å². The van der Waals surface area contributed by atoms with E-state index in [-0.39, 0.29) is 16.8 Å². The zero-order valence-corrected chi connectivity index (χ0v) is 10.8. The normalized spacial score (nSPS) is 9.68. The highest BCUT2D eigenvalue weighted by molar-refractivity contribution is 7.14. The highest BCUT2D eigenvalue weighted by Crippen LogP contribution is 2.25. The number of nitriles is 1. The van der Waals surface area contributed by atoms with Crippen molar-refractivity contribution in [2.75, 3.05) is 6.61 Å². The lowest BCUT2D eigenvalue weighted by Gasteiger charge is -2.00. The van der Waals surface area contributed by atoms with E-state index in [0.29, 0.717) is 11.3 Å². The van der Waals surface area contributed by atoms with E-state index >= 15 is 0 Å². The van der Waals surface area contributed by atoms with Gasteiger partial charge in [0.1, 0.15) is 5.75 Å². The van der Waals surface area contributed by atoms with Gasteiger partial charge in [-0.2, -0.15) is 5.26 Å². The van der Waals surface area contributed by atoms with Crippen LogP contribution in [0.3, 0.4) is 0 Å². The highest BCUT2D eigenvalue weighted by Gasteiger charge is 2.14. The molecule has 96 valence electrons. The van der Waals surface area contributed by atoms with Crippen molar-refractivity contribution in [3.8, 4) is 17.0 Å². The minimum Gasteiger partial charge on any atom is -0.461 e. The molecule has 0 atom stereocenters. The molecule has 0 aliphatic carbocycles. The lowest BCUT2D eigenvalue weighted by molar-refractivity contribution is 0.0525. The van der Waals surface area contributed by atoms with Gasteiger partial charge in [0.05, 0.1) is 18.2 Å². The van der Waals surface area contributed by atoms with Crippen molar-refractivity contribution in [3.05, 3.63) is 34.8 Å². The number of carbonyl (C=O) groups excluding carboxylic acids is 1. The van der Waals surface area contributed by atoms with E-state index in [0.717, 1.165) is 11.3 Å². The Hall–Kier alpha value is -2.46. The standard InChI is InChI=1S/C12H9N3O3S/c1-2-17-11(16)10-14-15-12(19-10)18-9-5-3-4-8(6-9)7-13/h3-6H,2H2,1H3. The molecule has 0 fully saturated rings. The molecule has 1 aromatic heterocycles. The predicted molar refractivity (Wildman–Crippen MR) is 67.1 cm³/mol. The SMILES string of the molecule is CCOC(=O)c1nnc(Oc2cccc(C#N)c2)s1. The van der Waals surface area contributed by atoms with Crippen molar-refractivity contribution in [1.29, 1.82) is 5.26 Å². The summed E-state index contributed by atoms with van der Waals surface area (Å²) in [6.45, 7) is 1.99. The molecule has 0 saturated carbocycles. The minimum absolute atomic E-state index is 0.133. The topological polar surface area (TPSA) is 85.1 Å². The average molecular weight is 275 g/mol. The summed E-state index contributed by atoms with van der Waals surface area (Å²) >= 11 is 0.987. The smallest absolute Gasteiger partial charge is 0.369 e. The quantitative estimate of drug-likeness (QED) is 0.796. The molecule has 6 nitrogen and oxygen atoms in total. The molecular weight excluding hydrogens is 266 g/mol. The maximum Gasteiger partial charge on any atom is 0.369 e. The average Bonchev–Trinajstić information content (AvgIpc) is 2.88. The van der Waals surface area contributed by atoms with Gasteiger partial charge in [0.25, 0.3) is 5.19 Å². The molecule has 0 amide bonds. The van der Waals surface area contributed by atoms with Crippen LogP contribution in [0.2, 0.25) is 0 Å². The van der Waals surface area contributed by atoms with Crippen molar-refractivity contribution in [2.24, 2.45) is 0 Å². The molecule has 2 rings (SSSR count). The molecule has 1 heterocycles. The maximum atomic E-state index is 11.4. The molecule has 0 unspecified atom stereocenters. The predicted octanol–water partition coefficient (Wildman–Crippen LogP) is 2.38. The lowest BCUT2D eigenvalue weighted by atomic mass is 10.2. The van der Waals surface area contributed by atoms with Crippen LogP contribution in [0, 0.1) is 11.3 Å². The number of nitrogens with zero attached hydrogens (tertiary/aromatic N) is 3. The van der Waals surface area contributed by atoms with Gasteiger partial charge in [-0.3, -0.25) is 0 Å². The summed E-state index contributed by atoms with van der Waals surface area (Å²) in [4.78, 5) is 11.4. The minimum atomic E-state index is -0.527. The number of benzene rings is 1. The fourth-order valence-electron chi connectivity index (χ4n) is 1.26. The molecule has 0 saturated heterocycles. The Balaban J connectivity index is 2.11. The largest absolute Gasteiger partial charge is 0.461 e. The molecule has 0 aliphatic heterocycles. The molecule has 7 heteroatoms. The van der Waals surface area contributed by atoms with Crippen LogP contribution >= 0.6 is 11.3 Å². The van der Waals surface area contributed by atoms with Crippen molar-refractivity contribution >= 4 is 17.3 Å². The van der Waals surface area contributed by atoms with Gasteiger partial charge in [-0.15, -0.1) is 5.10 Å². The number of aromatic nitrogens is 2. The van der Waals surface area contributed by atoms with Crippen molar-refractivity contribution in [1.82, 2.24) is 10.2 Å². The second-order valence-electron chi connectivity index (χ2n) is 3.34. The van der Waals surface area contributed by atoms with Gasteiger partial charge < -0.3 is 9.47 Å². The van der Waals surface area contributed by atoms with Gasteiger partial charge in [0, 0.05) is 0 Å². The van der Waals surface area contributed by atoms with Gasteiger partial charge in [0.15, 0.2) is 0 Å². The summed E-state index contributed by atoms with van der Waals surface area (Å²) in [6, 6.07) is 8.63. The zero-order chi connectivity index (χ0) is 13.7. The second kappa shape index (κ2) is 5.93. The maximum absolute atomic E-state index is 11.4. The number of hydrogen-bond acceptors (Lipinski definition) is 7. The lowest BCUT2D eigenvalue weighted by Crippen LogP contribution is -2.03. The van der Waals surface area contributed by atoms with E-state index in [9.17, 15) is 4.79 Å². The summed E-state index contributed by atoms with van der Waals surface area (Å²) in [5.74, 6) is -0.0637. The first kappa shape index (κ1) is 13.0. The summed E-state index contributed by atoms with van der Waals surface area (Å²) < 4.78 is 10.2. The molecule has 19 heavy (non-hydrogen) atoms. The van der Waals surface area contributed by atoms with E-state index in [1.54, 1.807) is 31.2 Å². The van der Waals surface area contributed by atoms with Crippen molar-refractivity contribution in [3.63, 3.8) is 0 Å². The molecule has 0 bridgehead atoms. The summed E-state index contributed by atoms with van der Waals surface area (Å²) in [5.41, 5.74) is 0.479. The van der Waals surface area contributed by atoms with Crippen LogP contribution in [0.1, 0.15) is 22.3 Å². The van der Waals surface area contributed by atoms with Gasteiger partial charge in [0.2, 0.25) is 5.01 Å². The number of rotatable bonds is 4. The Bertz CT molecular complexity index is 633. The molecule has 0 radical (unpaired) electrons. The fourth-order valence-corrected chi connectivity index (χ4v) is 1.87. The third-order valence-corrected chi connectivity index (χ3v) is 2.81. The summed E-state index contributed by atoms with van der Waals surface area (Å²) in [5, 5.41) is 16.5. The monoisotopic (exact) mass is 275 g/mol. The van der Waals surface area contributed by atoms with Gasteiger partial charge in [-0.25, -0.2) is 4.79 Å². The van der Waals surface area contributed by atoms with Gasteiger partial charge in [-0.1, -0.05) is 11.2 Å².